The Hall–Kier alpha value is -2.35. The molecule has 0 saturated carbocycles. The van der Waals surface area contributed by atoms with Crippen LogP contribution in [-0.4, -0.2) is 54.4 Å². The van der Waals surface area contributed by atoms with Crippen molar-refractivity contribution in [3.05, 3.63) is 34.5 Å². The van der Waals surface area contributed by atoms with Crippen molar-refractivity contribution >= 4 is 23.2 Å². The quantitative estimate of drug-likeness (QED) is 0.895. The Morgan fingerprint density at radius 3 is 2.96 bits per heavy atom. The largest absolute Gasteiger partial charge is 0.471 e. The van der Waals surface area contributed by atoms with Gasteiger partial charge in [-0.1, -0.05) is 6.07 Å². The van der Waals surface area contributed by atoms with Gasteiger partial charge in [-0.25, -0.2) is 4.79 Å². The number of likely N-dealkylation sites (tertiary alicyclic amines) is 1. The summed E-state index contributed by atoms with van der Waals surface area (Å²) in [7, 11) is 3.82. The van der Waals surface area contributed by atoms with Gasteiger partial charge in [-0.3, -0.25) is 0 Å². The maximum absolute atomic E-state index is 12.2. The lowest BCUT2D eigenvalue weighted by Crippen LogP contribution is -2.38. The number of hydrogen-bond donors (Lipinski definition) is 1. The first-order valence-corrected chi connectivity index (χ1v) is 8.72. The normalized spacial score (nSPS) is 16.9. The molecule has 2 aromatic rings. The van der Waals surface area contributed by atoms with Crippen molar-refractivity contribution in [3.8, 4) is 5.88 Å². The van der Waals surface area contributed by atoms with Crippen LogP contribution in [0, 0.1) is 0 Å². The van der Waals surface area contributed by atoms with Crippen LogP contribution in [0.25, 0.3) is 0 Å². The molecule has 1 saturated heterocycles. The Balaban J connectivity index is 1.47. The fourth-order valence-electron chi connectivity index (χ4n) is 2.48. The lowest BCUT2D eigenvalue weighted by atomic mass is 10.3. The number of amides is 2. The van der Waals surface area contributed by atoms with E-state index in [1.807, 2.05) is 48.6 Å². The van der Waals surface area contributed by atoms with Crippen molar-refractivity contribution in [3.63, 3.8) is 0 Å². The molecule has 0 spiro atoms. The molecule has 24 heavy (non-hydrogen) atoms. The maximum atomic E-state index is 12.2. The third-order valence-corrected chi connectivity index (χ3v) is 4.67. The lowest BCUT2D eigenvalue weighted by Gasteiger charge is -2.17. The van der Waals surface area contributed by atoms with Gasteiger partial charge in [0.25, 0.3) is 0 Å². The summed E-state index contributed by atoms with van der Waals surface area (Å²) in [5.74, 6) is 1.27. The first kappa shape index (κ1) is 16.5. The lowest BCUT2D eigenvalue weighted by molar-refractivity contribution is 0.182. The van der Waals surface area contributed by atoms with Gasteiger partial charge in [0.15, 0.2) is 5.82 Å². The molecule has 1 unspecified atom stereocenters. The predicted octanol–water partition coefficient (Wildman–Crippen LogP) is 1.97. The van der Waals surface area contributed by atoms with Crippen LogP contribution in [-0.2, 0) is 6.54 Å². The molecule has 0 aliphatic carbocycles. The number of rotatable bonds is 5. The van der Waals surface area contributed by atoms with Crippen molar-refractivity contribution in [2.24, 2.45) is 0 Å². The van der Waals surface area contributed by atoms with Crippen LogP contribution in [0.2, 0.25) is 0 Å². The molecular weight excluding hydrogens is 326 g/mol. The summed E-state index contributed by atoms with van der Waals surface area (Å²) < 4.78 is 5.83. The van der Waals surface area contributed by atoms with Gasteiger partial charge < -0.3 is 19.9 Å². The van der Waals surface area contributed by atoms with Gasteiger partial charge in [-0.2, -0.15) is 0 Å². The molecule has 7 nitrogen and oxygen atoms in total. The number of anilines is 1. The van der Waals surface area contributed by atoms with Crippen molar-refractivity contribution < 1.29 is 9.53 Å². The highest BCUT2D eigenvalue weighted by Crippen LogP contribution is 2.18. The van der Waals surface area contributed by atoms with E-state index in [1.54, 1.807) is 16.2 Å². The summed E-state index contributed by atoms with van der Waals surface area (Å²) in [6.07, 6.45) is 0.751. The van der Waals surface area contributed by atoms with E-state index < -0.39 is 0 Å². The smallest absolute Gasteiger partial charge is 0.317 e. The van der Waals surface area contributed by atoms with Crippen LogP contribution in [0.5, 0.6) is 5.88 Å². The van der Waals surface area contributed by atoms with Gasteiger partial charge in [-0.15, -0.1) is 21.5 Å². The molecule has 1 atom stereocenters. The van der Waals surface area contributed by atoms with E-state index in [-0.39, 0.29) is 12.1 Å². The Morgan fingerprint density at radius 2 is 2.29 bits per heavy atom. The van der Waals surface area contributed by atoms with Crippen molar-refractivity contribution in [2.45, 2.75) is 19.1 Å². The average molecular weight is 347 g/mol. The van der Waals surface area contributed by atoms with E-state index >= 15 is 0 Å². The minimum absolute atomic E-state index is 0.0445. The second kappa shape index (κ2) is 7.48. The molecule has 3 heterocycles. The monoisotopic (exact) mass is 347 g/mol. The van der Waals surface area contributed by atoms with E-state index in [0.29, 0.717) is 25.5 Å². The van der Waals surface area contributed by atoms with E-state index in [0.717, 1.165) is 17.1 Å². The van der Waals surface area contributed by atoms with Crippen molar-refractivity contribution in [2.75, 3.05) is 32.1 Å². The highest BCUT2D eigenvalue weighted by Gasteiger charge is 2.27. The first-order chi connectivity index (χ1) is 11.6. The van der Waals surface area contributed by atoms with E-state index in [4.69, 9.17) is 4.74 Å². The Kier molecular flexibility index (Phi) is 5.14. The average Bonchev–Trinajstić information content (AvgIpc) is 3.25. The number of thiophene rings is 1. The van der Waals surface area contributed by atoms with Gasteiger partial charge >= 0.3 is 6.03 Å². The summed E-state index contributed by atoms with van der Waals surface area (Å²) in [6, 6.07) is 7.61. The molecule has 3 rings (SSSR count). The molecule has 1 N–H and O–H groups in total. The minimum Gasteiger partial charge on any atom is -0.471 e. The van der Waals surface area contributed by atoms with Crippen LogP contribution >= 0.6 is 11.3 Å². The fraction of sp³-hybridized carbons (Fsp3) is 0.438. The van der Waals surface area contributed by atoms with Gasteiger partial charge in [0, 0.05) is 38.0 Å². The van der Waals surface area contributed by atoms with Crippen LogP contribution in [0.1, 0.15) is 11.3 Å². The zero-order valence-electron chi connectivity index (χ0n) is 13.8. The van der Waals surface area contributed by atoms with Crippen molar-refractivity contribution in [1.29, 1.82) is 0 Å². The number of ether oxygens (including phenoxy) is 1. The SMILES string of the molecule is CN(C)c1ccc(OC2CCN(C(=O)NCc3cccs3)C2)nn1. The molecule has 128 valence electrons. The number of carbonyl (C=O) groups excluding carboxylic acids is 1. The topological polar surface area (TPSA) is 70.6 Å². The summed E-state index contributed by atoms with van der Waals surface area (Å²) in [6.45, 7) is 1.81. The Bertz CT molecular complexity index is 660. The molecule has 1 fully saturated rings. The number of nitrogens with one attached hydrogen (secondary N) is 1. The van der Waals surface area contributed by atoms with E-state index in [9.17, 15) is 4.79 Å². The van der Waals surface area contributed by atoms with Crippen LogP contribution in [0.3, 0.4) is 0 Å². The molecule has 0 bridgehead atoms. The number of carbonyl (C=O) groups is 1. The second-order valence-electron chi connectivity index (χ2n) is 5.84. The predicted molar refractivity (Wildman–Crippen MR) is 93.5 cm³/mol. The van der Waals surface area contributed by atoms with Crippen LogP contribution in [0.15, 0.2) is 29.6 Å². The molecular formula is C16H21N5O2S. The number of urea groups is 1. The summed E-state index contributed by atoms with van der Waals surface area (Å²) in [4.78, 5) is 17.0. The van der Waals surface area contributed by atoms with Gasteiger partial charge in [0.2, 0.25) is 5.88 Å². The van der Waals surface area contributed by atoms with Gasteiger partial charge in [0.1, 0.15) is 6.10 Å². The molecule has 2 amide bonds. The fourth-order valence-corrected chi connectivity index (χ4v) is 3.13. The number of hydrogen-bond acceptors (Lipinski definition) is 6. The highest BCUT2D eigenvalue weighted by atomic mass is 32.1. The molecule has 1 aliphatic rings. The third-order valence-electron chi connectivity index (χ3n) is 3.80. The van der Waals surface area contributed by atoms with E-state index in [2.05, 4.69) is 15.5 Å². The highest BCUT2D eigenvalue weighted by molar-refractivity contribution is 7.09. The minimum atomic E-state index is -0.0523. The number of aromatic nitrogens is 2. The third kappa shape index (κ3) is 4.14. The molecule has 1 aliphatic heterocycles. The Labute approximate surface area is 145 Å². The van der Waals surface area contributed by atoms with Crippen LogP contribution < -0.4 is 15.0 Å². The maximum Gasteiger partial charge on any atom is 0.317 e. The zero-order valence-corrected chi connectivity index (χ0v) is 14.6. The summed E-state index contributed by atoms with van der Waals surface area (Å²) in [5.41, 5.74) is 0. The standard InChI is InChI=1S/C16H21N5O2S/c1-20(2)14-5-6-15(19-18-14)23-12-7-8-21(11-12)16(22)17-10-13-4-3-9-24-13/h3-6,9,12H,7-8,10-11H2,1-2H3,(H,17,22). The summed E-state index contributed by atoms with van der Waals surface area (Å²) in [5, 5.41) is 13.1. The van der Waals surface area contributed by atoms with E-state index in [1.165, 1.54) is 0 Å². The van der Waals surface area contributed by atoms with Gasteiger partial charge in [0.05, 0.1) is 13.1 Å². The van der Waals surface area contributed by atoms with Gasteiger partial charge in [-0.05, 0) is 17.5 Å². The molecule has 2 aromatic heterocycles. The molecule has 8 heteroatoms. The molecule has 0 radical (unpaired) electrons. The second-order valence-corrected chi connectivity index (χ2v) is 6.87. The first-order valence-electron chi connectivity index (χ1n) is 7.84. The Morgan fingerprint density at radius 1 is 1.42 bits per heavy atom. The molecule has 0 aromatic carbocycles. The zero-order chi connectivity index (χ0) is 16.9. The number of nitrogens with zero attached hydrogens (tertiary/aromatic N) is 4. The van der Waals surface area contributed by atoms with Crippen molar-refractivity contribution in [1.82, 2.24) is 20.4 Å². The summed E-state index contributed by atoms with van der Waals surface area (Å²) >= 11 is 1.64. The van der Waals surface area contributed by atoms with Crippen LogP contribution in [0.4, 0.5) is 10.6 Å².